The summed E-state index contributed by atoms with van der Waals surface area (Å²) in [5, 5.41) is 4.00. The summed E-state index contributed by atoms with van der Waals surface area (Å²) in [6.45, 7) is 1.58. The van der Waals surface area contributed by atoms with Crippen molar-refractivity contribution >= 4 is 21.4 Å². The molecule has 0 fully saturated rings. The summed E-state index contributed by atoms with van der Waals surface area (Å²) in [6, 6.07) is 7.70. The predicted octanol–water partition coefficient (Wildman–Crippen LogP) is 2.25. The highest BCUT2D eigenvalue weighted by Gasteiger charge is 2.00. The van der Waals surface area contributed by atoms with Crippen molar-refractivity contribution in [2.75, 3.05) is 18.6 Å². The van der Waals surface area contributed by atoms with Crippen LogP contribution in [0.3, 0.4) is 0 Å². The van der Waals surface area contributed by atoms with Gasteiger partial charge in [-0.15, -0.1) is 0 Å². The number of unbranched alkanes of at least 4 members (excludes halogenated alkanes) is 1. The monoisotopic (exact) mass is 275 g/mol. The maximum Gasteiger partial charge on any atom is 0.147 e. The molecule has 0 radical (unpaired) electrons. The zero-order valence-corrected chi connectivity index (χ0v) is 11.5. The van der Waals surface area contributed by atoms with Gasteiger partial charge in [0.1, 0.15) is 9.84 Å². The number of halogens is 1. The molecular formula is C12H18ClNO2S. The Kier molecular flexibility index (Phi) is 5.95. The maximum atomic E-state index is 10.9. The van der Waals surface area contributed by atoms with Crippen molar-refractivity contribution in [2.24, 2.45) is 0 Å². The second-order valence-corrected chi connectivity index (χ2v) is 6.84. The van der Waals surface area contributed by atoms with Crippen molar-refractivity contribution in [1.82, 2.24) is 5.32 Å². The molecule has 0 aromatic heterocycles. The molecule has 0 heterocycles. The van der Waals surface area contributed by atoms with Crippen LogP contribution in [0.2, 0.25) is 5.02 Å². The average Bonchev–Trinajstić information content (AvgIpc) is 2.22. The smallest absolute Gasteiger partial charge is 0.147 e. The van der Waals surface area contributed by atoms with Crippen LogP contribution in [0.5, 0.6) is 0 Å². The van der Waals surface area contributed by atoms with Gasteiger partial charge in [0.05, 0.1) is 0 Å². The Morgan fingerprint density at radius 2 is 2.06 bits per heavy atom. The van der Waals surface area contributed by atoms with Gasteiger partial charge in [-0.25, -0.2) is 8.42 Å². The van der Waals surface area contributed by atoms with E-state index in [-0.39, 0.29) is 5.75 Å². The molecule has 0 atom stereocenters. The van der Waals surface area contributed by atoms with Gasteiger partial charge in [0.2, 0.25) is 0 Å². The summed E-state index contributed by atoms with van der Waals surface area (Å²) in [5.74, 6) is 0.270. The van der Waals surface area contributed by atoms with Crippen molar-refractivity contribution < 1.29 is 8.42 Å². The number of hydrogen-bond acceptors (Lipinski definition) is 3. The number of hydrogen-bond donors (Lipinski definition) is 1. The molecule has 5 heteroatoms. The van der Waals surface area contributed by atoms with Crippen molar-refractivity contribution in [3.63, 3.8) is 0 Å². The zero-order valence-electron chi connectivity index (χ0n) is 9.95. The SMILES string of the molecule is CS(=O)(=O)CCCCNCc1cccc(Cl)c1. The van der Waals surface area contributed by atoms with Crippen LogP contribution >= 0.6 is 11.6 Å². The summed E-state index contributed by atoms with van der Waals surface area (Å²) >= 11 is 5.86. The van der Waals surface area contributed by atoms with E-state index in [1.807, 2.05) is 24.3 Å². The predicted molar refractivity (Wildman–Crippen MR) is 72.1 cm³/mol. The highest BCUT2D eigenvalue weighted by Crippen LogP contribution is 2.10. The van der Waals surface area contributed by atoms with E-state index in [1.165, 1.54) is 6.26 Å². The van der Waals surface area contributed by atoms with Gasteiger partial charge in [-0.05, 0) is 37.1 Å². The molecular weight excluding hydrogens is 258 g/mol. The van der Waals surface area contributed by atoms with Crippen LogP contribution in [0.15, 0.2) is 24.3 Å². The first-order valence-corrected chi connectivity index (χ1v) is 8.04. The highest BCUT2D eigenvalue weighted by atomic mass is 35.5. The molecule has 0 spiro atoms. The van der Waals surface area contributed by atoms with Gasteiger partial charge in [-0.2, -0.15) is 0 Å². The van der Waals surface area contributed by atoms with E-state index >= 15 is 0 Å². The van der Waals surface area contributed by atoms with E-state index in [0.717, 1.165) is 30.1 Å². The first kappa shape index (κ1) is 14.5. The molecule has 0 amide bonds. The normalized spacial score (nSPS) is 11.6. The molecule has 1 aromatic carbocycles. The van der Waals surface area contributed by atoms with Crippen molar-refractivity contribution in [1.29, 1.82) is 0 Å². The largest absolute Gasteiger partial charge is 0.313 e. The number of nitrogens with one attached hydrogen (secondary N) is 1. The first-order valence-electron chi connectivity index (χ1n) is 5.60. The van der Waals surface area contributed by atoms with Crippen LogP contribution in [-0.4, -0.2) is 27.0 Å². The molecule has 3 nitrogen and oxygen atoms in total. The molecule has 0 aliphatic rings. The lowest BCUT2D eigenvalue weighted by Crippen LogP contribution is -2.15. The van der Waals surface area contributed by atoms with Crippen LogP contribution in [0.25, 0.3) is 0 Å². The van der Waals surface area contributed by atoms with Crippen LogP contribution in [0.4, 0.5) is 0 Å². The molecule has 96 valence electrons. The molecule has 17 heavy (non-hydrogen) atoms. The minimum Gasteiger partial charge on any atom is -0.313 e. The van der Waals surface area contributed by atoms with Crippen LogP contribution < -0.4 is 5.32 Å². The first-order chi connectivity index (χ1) is 7.97. The molecule has 0 aliphatic carbocycles. The third-order valence-electron chi connectivity index (χ3n) is 2.34. The Hall–Kier alpha value is -0.580. The van der Waals surface area contributed by atoms with Crippen molar-refractivity contribution in [3.8, 4) is 0 Å². The lowest BCUT2D eigenvalue weighted by molar-refractivity contribution is 0.591. The standard InChI is InChI=1S/C12H18ClNO2S/c1-17(15,16)8-3-2-7-14-10-11-5-4-6-12(13)9-11/h4-6,9,14H,2-3,7-8,10H2,1H3. The van der Waals surface area contributed by atoms with Gasteiger partial charge >= 0.3 is 0 Å². The Morgan fingerprint density at radius 3 is 2.71 bits per heavy atom. The third kappa shape index (κ3) is 7.36. The Labute approximate surface area is 108 Å². The second-order valence-electron chi connectivity index (χ2n) is 4.14. The van der Waals surface area contributed by atoms with Crippen LogP contribution in [-0.2, 0) is 16.4 Å². The Morgan fingerprint density at radius 1 is 1.29 bits per heavy atom. The molecule has 0 aliphatic heterocycles. The summed E-state index contributed by atoms with van der Waals surface area (Å²) in [7, 11) is -2.81. The van der Waals surface area contributed by atoms with Crippen LogP contribution in [0, 0.1) is 0 Å². The Bertz CT molecular complexity index is 446. The van der Waals surface area contributed by atoms with Gasteiger partial charge in [0, 0.05) is 23.6 Å². The van der Waals surface area contributed by atoms with E-state index in [2.05, 4.69) is 5.32 Å². The maximum absolute atomic E-state index is 10.9. The quantitative estimate of drug-likeness (QED) is 0.777. The summed E-state index contributed by atoms with van der Waals surface area (Å²) in [5.41, 5.74) is 1.14. The Balaban J connectivity index is 2.13. The van der Waals surface area contributed by atoms with E-state index in [9.17, 15) is 8.42 Å². The lowest BCUT2D eigenvalue weighted by Gasteiger charge is -2.05. The molecule has 1 N–H and O–H groups in total. The molecule has 1 rings (SSSR count). The van der Waals surface area contributed by atoms with Gasteiger partial charge in [0.15, 0.2) is 0 Å². The van der Waals surface area contributed by atoms with Crippen molar-refractivity contribution in [3.05, 3.63) is 34.9 Å². The minimum atomic E-state index is -2.81. The van der Waals surface area contributed by atoms with Gasteiger partial charge in [0.25, 0.3) is 0 Å². The fourth-order valence-corrected chi connectivity index (χ4v) is 2.44. The molecule has 1 aromatic rings. The number of sulfone groups is 1. The molecule has 0 bridgehead atoms. The van der Waals surface area contributed by atoms with Gasteiger partial charge in [-0.1, -0.05) is 23.7 Å². The molecule has 0 saturated heterocycles. The highest BCUT2D eigenvalue weighted by molar-refractivity contribution is 7.90. The molecule has 0 saturated carbocycles. The molecule has 0 unspecified atom stereocenters. The van der Waals surface area contributed by atoms with Gasteiger partial charge < -0.3 is 5.32 Å². The fraction of sp³-hybridized carbons (Fsp3) is 0.500. The fourth-order valence-electron chi connectivity index (χ4n) is 1.49. The van der Waals surface area contributed by atoms with E-state index < -0.39 is 9.84 Å². The van der Waals surface area contributed by atoms with E-state index in [4.69, 9.17) is 11.6 Å². The number of benzene rings is 1. The van der Waals surface area contributed by atoms with E-state index in [1.54, 1.807) is 0 Å². The topological polar surface area (TPSA) is 46.2 Å². The number of rotatable bonds is 7. The van der Waals surface area contributed by atoms with Crippen molar-refractivity contribution in [2.45, 2.75) is 19.4 Å². The summed E-state index contributed by atoms with van der Waals surface area (Å²) in [4.78, 5) is 0. The van der Waals surface area contributed by atoms with Crippen LogP contribution in [0.1, 0.15) is 18.4 Å². The third-order valence-corrected chi connectivity index (χ3v) is 3.60. The second kappa shape index (κ2) is 6.99. The summed E-state index contributed by atoms with van der Waals surface area (Å²) in [6.07, 6.45) is 2.85. The summed E-state index contributed by atoms with van der Waals surface area (Å²) < 4.78 is 21.8. The zero-order chi connectivity index (χ0) is 12.7. The average molecular weight is 276 g/mol. The van der Waals surface area contributed by atoms with Gasteiger partial charge in [-0.3, -0.25) is 0 Å². The van der Waals surface area contributed by atoms with E-state index in [0.29, 0.717) is 6.42 Å². The minimum absolute atomic E-state index is 0.270. The lowest BCUT2D eigenvalue weighted by atomic mass is 10.2.